The van der Waals surface area contributed by atoms with Crippen LogP contribution in [0.3, 0.4) is 0 Å². The van der Waals surface area contributed by atoms with Gasteiger partial charge in [0.05, 0.1) is 12.7 Å². The van der Waals surface area contributed by atoms with Crippen molar-refractivity contribution in [3.63, 3.8) is 0 Å². The summed E-state index contributed by atoms with van der Waals surface area (Å²) in [7, 11) is 1.25. The van der Waals surface area contributed by atoms with E-state index in [0.717, 1.165) is 12.1 Å². The summed E-state index contributed by atoms with van der Waals surface area (Å²) in [5, 5.41) is 2.52. The number of rotatable bonds is 5. The molecule has 1 aromatic rings. The molecule has 0 fully saturated rings. The maximum absolute atomic E-state index is 13.2. The average molecular weight is 282 g/mol. The van der Waals surface area contributed by atoms with Gasteiger partial charge in [-0.2, -0.15) is 0 Å². The molecule has 5 nitrogen and oxygen atoms in total. The van der Waals surface area contributed by atoms with Crippen molar-refractivity contribution in [2.45, 2.75) is 26.3 Å². The Labute approximate surface area is 117 Å². The fourth-order valence-electron chi connectivity index (χ4n) is 1.79. The standard InChI is InChI=1S/C14H19FN2O3/c1-8(2)6-12(14(19)20-3)17-13(18)10-7-9(15)4-5-11(10)16/h4-5,7-8,12H,6,16H2,1-3H3,(H,17,18). The Bertz CT molecular complexity index is 503. The van der Waals surface area contributed by atoms with Gasteiger partial charge in [-0.05, 0) is 30.5 Å². The number of carbonyl (C=O) groups is 2. The topological polar surface area (TPSA) is 81.4 Å². The van der Waals surface area contributed by atoms with Crippen LogP contribution in [-0.4, -0.2) is 25.0 Å². The van der Waals surface area contributed by atoms with Gasteiger partial charge in [0.1, 0.15) is 11.9 Å². The molecule has 6 heteroatoms. The summed E-state index contributed by atoms with van der Waals surface area (Å²) < 4.78 is 17.8. The number of benzene rings is 1. The molecule has 3 N–H and O–H groups in total. The Balaban J connectivity index is 2.90. The first kappa shape index (κ1) is 15.9. The van der Waals surface area contributed by atoms with Crippen molar-refractivity contribution in [1.82, 2.24) is 5.32 Å². The molecule has 0 bridgehead atoms. The Kier molecular flexibility index (Phi) is 5.49. The van der Waals surface area contributed by atoms with Crippen molar-refractivity contribution in [1.29, 1.82) is 0 Å². The lowest BCUT2D eigenvalue weighted by Gasteiger charge is -2.18. The lowest BCUT2D eigenvalue weighted by atomic mass is 10.0. The zero-order valence-corrected chi connectivity index (χ0v) is 11.8. The molecular weight excluding hydrogens is 263 g/mol. The number of methoxy groups -OCH3 is 1. The Hall–Kier alpha value is -2.11. The molecule has 0 aromatic heterocycles. The van der Waals surface area contributed by atoms with E-state index in [0.29, 0.717) is 6.42 Å². The van der Waals surface area contributed by atoms with E-state index in [4.69, 9.17) is 5.73 Å². The fraction of sp³-hybridized carbons (Fsp3) is 0.429. The fourth-order valence-corrected chi connectivity index (χ4v) is 1.79. The number of nitrogens with one attached hydrogen (secondary N) is 1. The van der Waals surface area contributed by atoms with Crippen LogP contribution < -0.4 is 11.1 Å². The Morgan fingerprint density at radius 1 is 1.40 bits per heavy atom. The largest absolute Gasteiger partial charge is 0.467 e. The molecule has 1 amide bonds. The molecule has 20 heavy (non-hydrogen) atoms. The van der Waals surface area contributed by atoms with Crippen LogP contribution >= 0.6 is 0 Å². The van der Waals surface area contributed by atoms with E-state index < -0.39 is 23.7 Å². The van der Waals surface area contributed by atoms with Crippen molar-refractivity contribution in [3.05, 3.63) is 29.6 Å². The minimum Gasteiger partial charge on any atom is -0.467 e. The number of hydrogen-bond acceptors (Lipinski definition) is 4. The highest BCUT2D eigenvalue weighted by Crippen LogP contribution is 2.14. The highest BCUT2D eigenvalue weighted by molar-refractivity contribution is 6.00. The van der Waals surface area contributed by atoms with Crippen LogP contribution in [0.4, 0.5) is 10.1 Å². The van der Waals surface area contributed by atoms with Crippen LogP contribution in [0.25, 0.3) is 0 Å². The molecule has 0 radical (unpaired) electrons. The number of halogens is 1. The minimum absolute atomic E-state index is 0.00246. The van der Waals surface area contributed by atoms with Gasteiger partial charge >= 0.3 is 5.97 Å². The molecule has 1 unspecified atom stereocenters. The summed E-state index contributed by atoms with van der Waals surface area (Å²) in [6.07, 6.45) is 0.424. The SMILES string of the molecule is COC(=O)C(CC(C)C)NC(=O)c1cc(F)ccc1N. The zero-order valence-electron chi connectivity index (χ0n) is 11.8. The molecule has 0 aliphatic carbocycles. The van der Waals surface area contributed by atoms with Gasteiger partial charge in [0, 0.05) is 5.69 Å². The van der Waals surface area contributed by atoms with E-state index in [1.54, 1.807) is 0 Å². The summed E-state index contributed by atoms with van der Waals surface area (Å²) in [6, 6.07) is 2.72. The van der Waals surface area contributed by atoms with E-state index in [2.05, 4.69) is 10.1 Å². The summed E-state index contributed by atoms with van der Waals surface area (Å²) in [5.41, 5.74) is 5.78. The molecule has 0 spiro atoms. The molecule has 110 valence electrons. The van der Waals surface area contributed by atoms with Gasteiger partial charge in [0.25, 0.3) is 5.91 Å². The van der Waals surface area contributed by atoms with Gasteiger partial charge in [0.2, 0.25) is 0 Å². The van der Waals surface area contributed by atoms with Gasteiger partial charge < -0.3 is 15.8 Å². The molecule has 1 aromatic carbocycles. The van der Waals surface area contributed by atoms with Gasteiger partial charge in [-0.15, -0.1) is 0 Å². The third-order valence-electron chi connectivity index (χ3n) is 2.76. The van der Waals surface area contributed by atoms with E-state index in [-0.39, 0.29) is 17.2 Å². The van der Waals surface area contributed by atoms with Crippen LogP contribution in [0.15, 0.2) is 18.2 Å². The minimum atomic E-state index is -0.782. The molecule has 1 rings (SSSR count). The van der Waals surface area contributed by atoms with Gasteiger partial charge in [-0.1, -0.05) is 13.8 Å². The maximum atomic E-state index is 13.2. The van der Waals surface area contributed by atoms with E-state index in [1.165, 1.54) is 13.2 Å². The molecule has 0 saturated carbocycles. The molecule has 0 saturated heterocycles. The van der Waals surface area contributed by atoms with Crippen LogP contribution in [0.5, 0.6) is 0 Å². The first-order valence-electron chi connectivity index (χ1n) is 6.28. The number of nitrogens with two attached hydrogens (primary N) is 1. The van der Waals surface area contributed by atoms with Crippen LogP contribution in [0, 0.1) is 11.7 Å². The Morgan fingerprint density at radius 2 is 2.05 bits per heavy atom. The normalized spacial score (nSPS) is 12.1. The quantitative estimate of drug-likeness (QED) is 0.636. The van der Waals surface area contributed by atoms with Gasteiger partial charge in [-0.25, -0.2) is 9.18 Å². The average Bonchev–Trinajstić information content (AvgIpc) is 2.39. The summed E-state index contributed by atoms with van der Waals surface area (Å²) in [6.45, 7) is 3.83. The van der Waals surface area contributed by atoms with Crippen molar-refractivity contribution in [2.24, 2.45) is 5.92 Å². The molecule has 0 heterocycles. The number of hydrogen-bond donors (Lipinski definition) is 2. The predicted molar refractivity (Wildman–Crippen MR) is 73.5 cm³/mol. The van der Waals surface area contributed by atoms with E-state index in [1.807, 2.05) is 13.8 Å². The lowest BCUT2D eigenvalue weighted by molar-refractivity contribution is -0.143. The molecular formula is C14H19FN2O3. The third-order valence-corrected chi connectivity index (χ3v) is 2.76. The molecule has 1 atom stereocenters. The second-order valence-electron chi connectivity index (χ2n) is 4.91. The number of anilines is 1. The predicted octanol–water partition coefficient (Wildman–Crippen LogP) is 1.73. The van der Waals surface area contributed by atoms with Crippen molar-refractivity contribution >= 4 is 17.6 Å². The van der Waals surface area contributed by atoms with Crippen molar-refractivity contribution in [2.75, 3.05) is 12.8 Å². The van der Waals surface area contributed by atoms with E-state index in [9.17, 15) is 14.0 Å². The summed E-state index contributed by atoms with van der Waals surface area (Å²) >= 11 is 0. The maximum Gasteiger partial charge on any atom is 0.328 e. The number of esters is 1. The molecule has 0 aliphatic heterocycles. The summed E-state index contributed by atoms with van der Waals surface area (Å²) in [5.74, 6) is -1.52. The number of nitrogen functional groups attached to an aromatic ring is 1. The molecule has 0 aliphatic rings. The van der Waals surface area contributed by atoms with Crippen LogP contribution in [0.2, 0.25) is 0 Å². The van der Waals surface area contributed by atoms with Crippen LogP contribution in [0.1, 0.15) is 30.6 Å². The highest BCUT2D eigenvalue weighted by atomic mass is 19.1. The summed E-state index contributed by atoms with van der Waals surface area (Å²) in [4.78, 5) is 23.7. The highest BCUT2D eigenvalue weighted by Gasteiger charge is 2.24. The van der Waals surface area contributed by atoms with Crippen LogP contribution in [-0.2, 0) is 9.53 Å². The first-order chi connectivity index (χ1) is 9.35. The second kappa shape index (κ2) is 6.88. The smallest absolute Gasteiger partial charge is 0.328 e. The second-order valence-corrected chi connectivity index (χ2v) is 4.91. The van der Waals surface area contributed by atoms with Crippen molar-refractivity contribution in [3.8, 4) is 0 Å². The number of ether oxygens (including phenoxy) is 1. The third kappa shape index (κ3) is 4.22. The van der Waals surface area contributed by atoms with Crippen molar-refractivity contribution < 1.29 is 18.7 Å². The first-order valence-corrected chi connectivity index (χ1v) is 6.28. The monoisotopic (exact) mass is 282 g/mol. The number of carbonyl (C=O) groups excluding carboxylic acids is 2. The van der Waals surface area contributed by atoms with E-state index >= 15 is 0 Å². The number of amides is 1. The lowest BCUT2D eigenvalue weighted by Crippen LogP contribution is -2.42. The zero-order chi connectivity index (χ0) is 15.3. The van der Waals surface area contributed by atoms with Gasteiger partial charge in [-0.3, -0.25) is 4.79 Å². The van der Waals surface area contributed by atoms with Gasteiger partial charge in [0.15, 0.2) is 0 Å². The Morgan fingerprint density at radius 3 is 2.60 bits per heavy atom.